The summed E-state index contributed by atoms with van der Waals surface area (Å²) in [6.07, 6.45) is 10.3. The summed E-state index contributed by atoms with van der Waals surface area (Å²) in [5.41, 5.74) is 0. The molecule has 0 spiro atoms. The van der Waals surface area contributed by atoms with Crippen molar-refractivity contribution in [2.75, 3.05) is 13.7 Å². The normalized spacial score (nSPS) is 16.8. The highest BCUT2D eigenvalue weighted by atomic mass is 16.5. The van der Waals surface area contributed by atoms with Crippen LogP contribution in [0.4, 0.5) is 0 Å². The zero-order valence-electron chi connectivity index (χ0n) is 9.29. The fourth-order valence-corrected chi connectivity index (χ4v) is 1.61. The molecule has 3 nitrogen and oxygen atoms in total. The van der Waals surface area contributed by atoms with Gasteiger partial charge in [0.25, 0.3) is 0 Å². The van der Waals surface area contributed by atoms with Crippen molar-refractivity contribution in [2.45, 2.75) is 38.1 Å². The number of unbranched alkanes of at least 4 members (excludes halogenated alkanes) is 2. The first-order chi connectivity index (χ1) is 7.29. The van der Waals surface area contributed by atoms with Crippen molar-refractivity contribution < 1.29 is 9.53 Å². The molecule has 0 saturated heterocycles. The van der Waals surface area contributed by atoms with Gasteiger partial charge in [0.2, 0.25) is 0 Å². The zero-order chi connectivity index (χ0) is 11.1. The van der Waals surface area contributed by atoms with Gasteiger partial charge in [0.1, 0.15) is 6.04 Å². The summed E-state index contributed by atoms with van der Waals surface area (Å²) in [6, 6.07) is -0.0964. The molecule has 1 N–H and O–H groups in total. The second-order valence-electron chi connectivity index (χ2n) is 3.95. The van der Waals surface area contributed by atoms with Crippen LogP contribution in [-0.4, -0.2) is 25.7 Å². The second kappa shape index (κ2) is 6.47. The van der Waals surface area contributed by atoms with E-state index in [0.717, 1.165) is 38.6 Å². The third-order valence-electron chi connectivity index (χ3n) is 2.66. The van der Waals surface area contributed by atoms with Crippen molar-refractivity contribution in [2.24, 2.45) is 5.92 Å². The molecule has 1 aliphatic carbocycles. The Morgan fingerprint density at radius 3 is 2.87 bits per heavy atom. The Labute approximate surface area is 91.6 Å². The Kier molecular flexibility index (Phi) is 5.20. The van der Waals surface area contributed by atoms with Crippen LogP contribution in [0.1, 0.15) is 32.1 Å². The van der Waals surface area contributed by atoms with Gasteiger partial charge in [0, 0.05) is 6.42 Å². The molecule has 0 aromatic carbocycles. The van der Waals surface area contributed by atoms with Crippen LogP contribution in [0.2, 0.25) is 0 Å². The molecule has 0 heterocycles. The molecule has 0 radical (unpaired) electrons. The highest BCUT2D eigenvalue weighted by molar-refractivity contribution is 5.76. The van der Waals surface area contributed by atoms with Crippen molar-refractivity contribution >= 4 is 5.97 Å². The molecule has 1 aliphatic rings. The second-order valence-corrected chi connectivity index (χ2v) is 3.95. The number of carbonyl (C=O) groups excluding carboxylic acids is 1. The number of esters is 1. The van der Waals surface area contributed by atoms with Gasteiger partial charge in [-0.1, -0.05) is 0 Å². The van der Waals surface area contributed by atoms with Crippen LogP contribution in [0.15, 0.2) is 0 Å². The molecule has 0 aromatic rings. The minimum Gasteiger partial charge on any atom is -0.468 e. The Balaban J connectivity index is 2.15. The smallest absolute Gasteiger partial charge is 0.323 e. The topological polar surface area (TPSA) is 38.3 Å². The van der Waals surface area contributed by atoms with Gasteiger partial charge in [-0.2, -0.15) is 0 Å². The van der Waals surface area contributed by atoms with Crippen molar-refractivity contribution in [1.29, 1.82) is 0 Å². The third-order valence-corrected chi connectivity index (χ3v) is 2.66. The van der Waals surface area contributed by atoms with E-state index in [-0.39, 0.29) is 12.0 Å². The maximum Gasteiger partial charge on any atom is 0.323 e. The van der Waals surface area contributed by atoms with Crippen LogP contribution >= 0.6 is 0 Å². The molecular formula is C12H19NO2. The van der Waals surface area contributed by atoms with Gasteiger partial charge in [0.05, 0.1) is 7.11 Å². The Bertz CT molecular complexity index is 240. The summed E-state index contributed by atoms with van der Waals surface area (Å²) in [6.45, 7) is 0.845. The van der Waals surface area contributed by atoms with E-state index in [1.165, 1.54) is 7.11 Å². The highest BCUT2D eigenvalue weighted by Crippen LogP contribution is 2.33. The quantitative estimate of drug-likeness (QED) is 0.390. The molecule has 1 rings (SSSR count). The number of terminal acetylenes is 1. The number of hydrogen-bond acceptors (Lipinski definition) is 3. The molecule has 0 bridgehead atoms. The fraction of sp³-hybridized carbons (Fsp3) is 0.750. The van der Waals surface area contributed by atoms with Gasteiger partial charge in [-0.3, -0.25) is 4.79 Å². The zero-order valence-corrected chi connectivity index (χ0v) is 9.29. The number of ether oxygens (including phenoxy) is 1. The first-order valence-electron chi connectivity index (χ1n) is 5.54. The van der Waals surface area contributed by atoms with Crippen LogP contribution in [0.3, 0.4) is 0 Å². The Morgan fingerprint density at radius 2 is 2.33 bits per heavy atom. The summed E-state index contributed by atoms with van der Waals surface area (Å²) in [4.78, 5) is 11.4. The average Bonchev–Trinajstić information content (AvgIpc) is 3.06. The van der Waals surface area contributed by atoms with Crippen LogP contribution in [0.25, 0.3) is 0 Å². The Hall–Kier alpha value is -1.01. The van der Waals surface area contributed by atoms with E-state index in [1.807, 2.05) is 0 Å². The first kappa shape index (κ1) is 12.1. The molecule has 3 heteroatoms. The number of hydrogen-bond donors (Lipinski definition) is 1. The van der Waals surface area contributed by atoms with Crippen molar-refractivity contribution in [1.82, 2.24) is 5.32 Å². The maximum absolute atomic E-state index is 11.4. The summed E-state index contributed by atoms with van der Waals surface area (Å²) in [7, 11) is 1.44. The van der Waals surface area contributed by atoms with Crippen molar-refractivity contribution in [3.05, 3.63) is 0 Å². The fourth-order valence-electron chi connectivity index (χ4n) is 1.61. The molecule has 1 fully saturated rings. The molecule has 1 saturated carbocycles. The van der Waals surface area contributed by atoms with Gasteiger partial charge >= 0.3 is 5.97 Å². The lowest BCUT2D eigenvalue weighted by Gasteiger charge is -2.15. The summed E-state index contributed by atoms with van der Waals surface area (Å²) in [5, 5.41) is 3.25. The average molecular weight is 209 g/mol. The lowest BCUT2D eigenvalue weighted by Crippen LogP contribution is -2.39. The number of methoxy groups -OCH3 is 1. The predicted molar refractivity (Wildman–Crippen MR) is 59.2 cm³/mol. The first-order valence-corrected chi connectivity index (χ1v) is 5.54. The number of rotatable bonds is 7. The molecule has 0 aromatic heterocycles. The molecule has 84 valence electrons. The van der Waals surface area contributed by atoms with E-state index in [0.29, 0.717) is 5.92 Å². The van der Waals surface area contributed by atoms with Gasteiger partial charge in [-0.25, -0.2) is 0 Å². The minimum atomic E-state index is -0.130. The van der Waals surface area contributed by atoms with Crippen LogP contribution in [-0.2, 0) is 9.53 Å². The van der Waals surface area contributed by atoms with Gasteiger partial charge in [0.15, 0.2) is 0 Å². The molecule has 1 unspecified atom stereocenters. The maximum atomic E-state index is 11.4. The summed E-state index contributed by atoms with van der Waals surface area (Å²) < 4.78 is 4.76. The number of carbonyl (C=O) groups is 1. The van der Waals surface area contributed by atoms with E-state index in [9.17, 15) is 4.79 Å². The standard InChI is InChI=1S/C12H19NO2/c1-3-4-5-6-9-13-11(10-7-8-10)12(14)15-2/h1,10-11,13H,4-9H2,2H3. The summed E-state index contributed by atoms with van der Waals surface area (Å²) >= 11 is 0. The van der Waals surface area contributed by atoms with Gasteiger partial charge in [-0.15, -0.1) is 12.3 Å². The van der Waals surface area contributed by atoms with E-state index in [4.69, 9.17) is 11.2 Å². The lowest BCUT2D eigenvalue weighted by molar-refractivity contribution is -0.143. The lowest BCUT2D eigenvalue weighted by atomic mass is 10.1. The molecule has 15 heavy (non-hydrogen) atoms. The summed E-state index contributed by atoms with van der Waals surface area (Å²) in [5.74, 6) is 2.97. The number of nitrogens with one attached hydrogen (secondary N) is 1. The minimum absolute atomic E-state index is 0.0964. The monoisotopic (exact) mass is 209 g/mol. The van der Waals surface area contributed by atoms with Crippen LogP contribution in [0.5, 0.6) is 0 Å². The van der Waals surface area contributed by atoms with Gasteiger partial charge < -0.3 is 10.1 Å². The van der Waals surface area contributed by atoms with Crippen molar-refractivity contribution in [3.8, 4) is 12.3 Å². The molecule has 0 amide bonds. The SMILES string of the molecule is C#CCCCCNC(C(=O)OC)C1CC1. The third kappa shape index (κ3) is 4.35. The largest absolute Gasteiger partial charge is 0.468 e. The predicted octanol–water partition coefficient (Wildman–Crippen LogP) is 1.33. The van der Waals surface area contributed by atoms with E-state index in [2.05, 4.69) is 11.2 Å². The van der Waals surface area contributed by atoms with Gasteiger partial charge in [-0.05, 0) is 38.1 Å². The van der Waals surface area contributed by atoms with Crippen molar-refractivity contribution in [3.63, 3.8) is 0 Å². The van der Waals surface area contributed by atoms with Crippen LogP contribution < -0.4 is 5.32 Å². The molecule has 1 atom stereocenters. The van der Waals surface area contributed by atoms with E-state index in [1.54, 1.807) is 0 Å². The van der Waals surface area contributed by atoms with E-state index < -0.39 is 0 Å². The molecular weight excluding hydrogens is 190 g/mol. The van der Waals surface area contributed by atoms with E-state index >= 15 is 0 Å². The molecule has 0 aliphatic heterocycles. The van der Waals surface area contributed by atoms with Crippen LogP contribution in [0, 0.1) is 18.3 Å². The Morgan fingerprint density at radius 1 is 1.60 bits per heavy atom. The highest BCUT2D eigenvalue weighted by Gasteiger charge is 2.36.